The summed E-state index contributed by atoms with van der Waals surface area (Å²) in [6.45, 7) is 4.43. The standard InChI is InChI=1S/C22H23F2N5O2/c1-22(2,31)16-3-6-25-20-15(16)9-13(10-17(20)23)19-18(24)11-26-21(28-19)27-14-4-7-29(12-30)8-5-14/h3,6,9-12,14,31H,4-5,7-8H2,1-2H3,(H,26,27,28). The predicted molar refractivity (Wildman–Crippen MR) is 112 cm³/mol. The van der Waals surface area contributed by atoms with Gasteiger partial charge < -0.3 is 15.3 Å². The highest BCUT2D eigenvalue weighted by atomic mass is 19.1. The third-order valence-corrected chi connectivity index (χ3v) is 5.49. The number of hydrogen-bond acceptors (Lipinski definition) is 6. The molecule has 1 saturated heterocycles. The molecule has 0 atom stereocenters. The molecule has 1 amide bonds. The lowest BCUT2D eigenvalue weighted by Crippen LogP contribution is -2.38. The number of amides is 1. The summed E-state index contributed by atoms with van der Waals surface area (Å²) in [5.74, 6) is -1.09. The van der Waals surface area contributed by atoms with E-state index in [0.29, 0.717) is 24.0 Å². The van der Waals surface area contributed by atoms with E-state index in [-0.39, 0.29) is 28.8 Å². The van der Waals surface area contributed by atoms with E-state index >= 15 is 0 Å². The maximum Gasteiger partial charge on any atom is 0.223 e. The number of nitrogens with zero attached hydrogens (tertiary/aromatic N) is 4. The molecule has 4 rings (SSSR count). The van der Waals surface area contributed by atoms with Crippen LogP contribution in [0.2, 0.25) is 0 Å². The van der Waals surface area contributed by atoms with Crippen molar-refractivity contribution < 1.29 is 18.7 Å². The van der Waals surface area contributed by atoms with Crippen LogP contribution in [0.25, 0.3) is 22.2 Å². The van der Waals surface area contributed by atoms with Crippen LogP contribution in [0.5, 0.6) is 0 Å². The quantitative estimate of drug-likeness (QED) is 0.608. The number of rotatable bonds is 5. The average molecular weight is 427 g/mol. The summed E-state index contributed by atoms with van der Waals surface area (Å²) in [6, 6.07) is 4.42. The number of carbonyl (C=O) groups is 1. The number of likely N-dealkylation sites (tertiary alicyclic amines) is 1. The number of carbonyl (C=O) groups excluding carboxylic acids is 1. The fourth-order valence-corrected chi connectivity index (χ4v) is 3.85. The molecule has 0 unspecified atom stereocenters. The van der Waals surface area contributed by atoms with E-state index in [1.165, 1.54) is 12.3 Å². The fraction of sp³-hybridized carbons (Fsp3) is 0.364. The van der Waals surface area contributed by atoms with Crippen molar-refractivity contribution in [3.8, 4) is 11.3 Å². The van der Waals surface area contributed by atoms with Crippen molar-refractivity contribution in [2.45, 2.75) is 38.3 Å². The van der Waals surface area contributed by atoms with Crippen molar-refractivity contribution in [2.24, 2.45) is 0 Å². The maximum atomic E-state index is 14.8. The van der Waals surface area contributed by atoms with E-state index in [0.717, 1.165) is 25.4 Å². The first-order chi connectivity index (χ1) is 14.8. The van der Waals surface area contributed by atoms with Crippen LogP contribution in [0.15, 0.2) is 30.6 Å². The van der Waals surface area contributed by atoms with E-state index in [2.05, 4.69) is 20.3 Å². The molecule has 7 nitrogen and oxygen atoms in total. The van der Waals surface area contributed by atoms with Crippen molar-refractivity contribution in [2.75, 3.05) is 18.4 Å². The van der Waals surface area contributed by atoms with Gasteiger partial charge in [0.1, 0.15) is 17.0 Å². The number of anilines is 1. The van der Waals surface area contributed by atoms with E-state index < -0.39 is 17.2 Å². The third-order valence-electron chi connectivity index (χ3n) is 5.49. The first kappa shape index (κ1) is 21.0. The fourth-order valence-electron chi connectivity index (χ4n) is 3.85. The van der Waals surface area contributed by atoms with Crippen molar-refractivity contribution in [1.29, 1.82) is 0 Å². The van der Waals surface area contributed by atoms with Gasteiger partial charge in [0.05, 0.1) is 11.8 Å². The highest BCUT2D eigenvalue weighted by Crippen LogP contribution is 2.33. The normalized spacial score (nSPS) is 15.3. The van der Waals surface area contributed by atoms with E-state index in [1.807, 2.05) is 0 Å². The minimum Gasteiger partial charge on any atom is -0.386 e. The Kier molecular flexibility index (Phi) is 5.53. The number of pyridine rings is 1. The molecule has 2 N–H and O–H groups in total. The van der Waals surface area contributed by atoms with E-state index in [4.69, 9.17) is 0 Å². The Morgan fingerprint density at radius 1 is 1.19 bits per heavy atom. The molecule has 1 aliphatic heterocycles. The smallest absolute Gasteiger partial charge is 0.223 e. The van der Waals surface area contributed by atoms with E-state index in [1.54, 1.807) is 30.9 Å². The Balaban J connectivity index is 1.71. The second kappa shape index (κ2) is 8.14. The molecule has 2 aromatic heterocycles. The molecule has 1 fully saturated rings. The molecule has 1 aromatic carbocycles. The second-order valence-corrected chi connectivity index (χ2v) is 8.22. The molecule has 0 spiro atoms. The Labute approximate surface area is 178 Å². The Morgan fingerprint density at radius 2 is 1.94 bits per heavy atom. The topological polar surface area (TPSA) is 91.2 Å². The number of fused-ring (bicyclic) bond motifs is 1. The highest BCUT2D eigenvalue weighted by Gasteiger charge is 2.23. The molecule has 0 aliphatic carbocycles. The molecule has 31 heavy (non-hydrogen) atoms. The largest absolute Gasteiger partial charge is 0.386 e. The summed E-state index contributed by atoms with van der Waals surface area (Å²) in [4.78, 5) is 24.9. The number of aromatic nitrogens is 3. The van der Waals surface area contributed by atoms with Gasteiger partial charge in [0.15, 0.2) is 5.82 Å². The SMILES string of the molecule is CC(C)(O)c1ccnc2c(F)cc(-c3nc(NC4CCN(C=O)CC4)ncc3F)cc12. The van der Waals surface area contributed by atoms with Crippen molar-refractivity contribution in [1.82, 2.24) is 19.9 Å². The zero-order valence-corrected chi connectivity index (χ0v) is 17.3. The molecule has 162 valence electrons. The van der Waals surface area contributed by atoms with Crippen LogP contribution in [0.3, 0.4) is 0 Å². The van der Waals surface area contributed by atoms with Crippen molar-refractivity contribution >= 4 is 23.3 Å². The van der Waals surface area contributed by atoms with Crippen LogP contribution in [0.4, 0.5) is 14.7 Å². The summed E-state index contributed by atoms with van der Waals surface area (Å²) in [7, 11) is 0. The summed E-state index contributed by atoms with van der Waals surface area (Å²) in [5.41, 5.74) is -0.484. The number of nitrogens with one attached hydrogen (secondary N) is 1. The van der Waals surface area contributed by atoms with Crippen LogP contribution >= 0.6 is 0 Å². The van der Waals surface area contributed by atoms with Gasteiger partial charge in [-0.15, -0.1) is 0 Å². The Morgan fingerprint density at radius 3 is 2.61 bits per heavy atom. The molecule has 1 aliphatic rings. The number of aliphatic hydroxyl groups is 1. The number of hydrogen-bond donors (Lipinski definition) is 2. The molecule has 0 radical (unpaired) electrons. The maximum absolute atomic E-state index is 14.8. The van der Waals surface area contributed by atoms with Gasteiger partial charge in [0, 0.05) is 36.3 Å². The predicted octanol–water partition coefficient (Wildman–Crippen LogP) is 3.23. The zero-order valence-electron chi connectivity index (χ0n) is 17.3. The zero-order chi connectivity index (χ0) is 22.2. The number of benzene rings is 1. The first-order valence-corrected chi connectivity index (χ1v) is 10.1. The minimum atomic E-state index is -1.24. The second-order valence-electron chi connectivity index (χ2n) is 8.22. The van der Waals surface area contributed by atoms with Crippen LogP contribution in [-0.4, -0.2) is 50.5 Å². The molecule has 3 heterocycles. The Hall–Kier alpha value is -3.20. The monoisotopic (exact) mass is 427 g/mol. The Bertz CT molecular complexity index is 1120. The van der Waals surface area contributed by atoms with Gasteiger partial charge in [-0.05, 0) is 50.5 Å². The van der Waals surface area contributed by atoms with Crippen LogP contribution < -0.4 is 5.32 Å². The van der Waals surface area contributed by atoms with Gasteiger partial charge >= 0.3 is 0 Å². The van der Waals surface area contributed by atoms with Gasteiger partial charge in [-0.1, -0.05) is 0 Å². The summed E-state index contributed by atoms with van der Waals surface area (Å²) in [6.07, 6.45) is 4.75. The lowest BCUT2D eigenvalue weighted by atomic mass is 9.93. The van der Waals surface area contributed by atoms with Gasteiger partial charge in [-0.25, -0.2) is 18.7 Å². The van der Waals surface area contributed by atoms with Crippen molar-refractivity contribution in [3.63, 3.8) is 0 Å². The van der Waals surface area contributed by atoms with Crippen molar-refractivity contribution in [3.05, 3.63) is 47.8 Å². The lowest BCUT2D eigenvalue weighted by molar-refractivity contribution is -0.118. The number of halogens is 2. The first-order valence-electron chi connectivity index (χ1n) is 10.1. The molecular weight excluding hydrogens is 404 g/mol. The van der Waals surface area contributed by atoms with Crippen LogP contribution in [0.1, 0.15) is 32.3 Å². The number of piperidine rings is 1. The molecule has 0 bridgehead atoms. The van der Waals surface area contributed by atoms with Gasteiger partial charge in [0.25, 0.3) is 0 Å². The minimum absolute atomic E-state index is 0.0471. The van der Waals surface area contributed by atoms with Gasteiger partial charge in [-0.3, -0.25) is 9.78 Å². The third kappa shape index (κ3) is 4.32. The van der Waals surface area contributed by atoms with Crippen LogP contribution in [0, 0.1) is 11.6 Å². The molecule has 9 heteroatoms. The summed E-state index contributed by atoms with van der Waals surface area (Å²) >= 11 is 0. The van der Waals surface area contributed by atoms with Crippen LogP contribution in [-0.2, 0) is 10.4 Å². The van der Waals surface area contributed by atoms with Gasteiger partial charge in [0.2, 0.25) is 12.4 Å². The highest BCUT2D eigenvalue weighted by molar-refractivity contribution is 5.88. The molecule has 3 aromatic rings. The van der Waals surface area contributed by atoms with Gasteiger partial charge in [-0.2, -0.15) is 0 Å². The molecular formula is C22H23F2N5O2. The summed E-state index contributed by atoms with van der Waals surface area (Å²) < 4.78 is 29.4. The molecule has 0 saturated carbocycles. The lowest BCUT2D eigenvalue weighted by Gasteiger charge is -2.29. The van der Waals surface area contributed by atoms with E-state index in [9.17, 15) is 18.7 Å². The average Bonchev–Trinajstić information content (AvgIpc) is 2.74. The summed E-state index contributed by atoms with van der Waals surface area (Å²) in [5, 5.41) is 14.0.